The second-order valence-electron chi connectivity index (χ2n) is 8.84. The van der Waals surface area contributed by atoms with Crippen molar-refractivity contribution in [3.63, 3.8) is 0 Å². The molecule has 211 valence electrons. The van der Waals surface area contributed by atoms with Crippen molar-refractivity contribution >= 4 is 46.9 Å². The first-order chi connectivity index (χ1) is 20.6. The average Bonchev–Trinajstić information content (AvgIpc) is 3.05. The summed E-state index contributed by atoms with van der Waals surface area (Å²) in [5, 5.41) is 8.53. The minimum absolute atomic E-state index is 0. The van der Waals surface area contributed by atoms with E-state index >= 15 is 0 Å². The smallest absolute Gasteiger partial charge is 0.215 e. The molecule has 6 rings (SSSR count). The van der Waals surface area contributed by atoms with Crippen LogP contribution in [0.4, 0.5) is 11.4 Å². The van der Waals surface area contributed by atoms with Crippen molar-refractivity contribution in [2.75, 3.05) is 10.9 Å². The number of aldehydes is 2. The zero-order valence-electron chi connectivity index (χ0n) is 22.3. The van der Waals surface area contributed by atoms with E-state index in [9.17, 15) is 19.2 Å². The molecule has 0 atom stereocenters. The number of hydrogen-bond acceptors (Lipinski definition) is 10. The van der Waals surface area contributed by atoms with Gasteiger partial charge >= 0.3 is 0 Å². The number of benzene rings is 2. The predicted octanol–water partition coefficient (Wildman–Crippen LogP) is 4.44. The summed E-state index contributed by atoms with van der Waals surface area (Å²) in [4.78, 5) is 54.2. The van der Waals surface area contributed by atoms with Gasteiger partial charge in [0, 0.05) is 40.6 Å². The summed E-state index contributed by atoms with van der Waals surface area (Å²) < 4.78 is 0. The van der Waals surface area contributed by atoms with E-state index in [0.717, 1.165) is 11.4 Å². The van der Waals surface area contributed by atoms with Crippen molar-refractivity contribution in [3.8, 4) is 0 Å². The summed E-state index contributed by atoms with van der Waals surface area (Å²) in [5.41, 5.74) is 10.2. The average molecular weight is 610 g/mol. The Bertz CT molecular complexity index is 1670. The molecule has 1 radical (unpaired) electrons. The number of aromatic nitrogens is 2. The van der Waals surface area contributed by atoms with E-state index in [2.05, 4.69) is 31.0 Å². The van der Waals surface area contributed by atoms with Crippen molar-refractivity contribution in [2.24, 2.45) is 10.2 Å². The van der Waals surface area contributed by atoms with Crippen LogP contribution in [0.25, 0.3) is 0 Å². The van der Waals surface area contributed by atoms with Crippen LogP contribution in [0.3, 0.4) is 0 Å². The van der Waals surface area contributed by atoms with E-state index in [1.807, 2.05) is 60.7 Å². The van der Waals surface area contributed by atoms with Crippen LogP contribution in [0.5, 0.6) is 0 Å². The number of Topliss-reactive ketones (excluding diaryl/α,β-unsaturated/α-hetero) is 2. The Balaban J connectivity index is 0.000000192. The third-order valence-corrected chi connectivity index (χ3v) is 6.12. The Morgan fingerprint density at radius 3 is 1.33 bits per heavy atom. The molecule has 0 saturated heterocycles. The molecule has 0 spiro atoms. The first kappa shape index (κ1) is 30.3. The molecule has 10 nitrogen and oxygen atoms in total. The third kappa shape index (κ3) is 6.99. The number of hydrogen-bond donors (Lipinski definition) is 2. The molecule has 0 aliphatic heterocycles. The fourth-order valence-electron chi connectivity index (χ4n) is 4.08. The topological polar surface area (TPSA) is 143 Å². The number of carbonyl (C=O) groups is 4. The number of fused-ring (bicyclic) bond motifs is 2. The normalized spacial score (nSPS) is 15.0. The number of nitrogens with one attached hydrogen (secondary N) is 2. The number of allylic oxidation sites excluding steroid dienone is 4. The van der Waals surface area contributed by atoms with Crippen LogP contribution in [-0.2, 0) is 26.7 Å². The molecule has 2 aromatic carbocycles. The Morgan fingerprint density at radius 1 is 0.558 bits per heavy atom. The summed E-state index contributed by atoms with van der Waals surface area (Å²) in [6.45, 7) is 0. The van der Waals surface area contributed by atoms with Crippen molar-refractivity contribution in [2.45, 2.75) is 0 Å². The van der Waals surface area contributed by atoms with E-state index in [-0.39, 0.29) is 51.2 Å². The van der Waals surface area contributed by atoms with Gasteiger partial charge in [0.05, 0.1) is 33.9 Å². The van der Waals surface area contributed by atoms with Gasteiger partial charge in [-0.05, 0) is 60.7 Å². The Morgan fingerprint density at radius 2 is 0.953 bits per heavy atom. The number of nitrogens with zero attached hydrogens (tertiary/aromatic N) is 4. The molecule has 11 heteroatoms. The first-order valence-electron chi connectivity index (χ1n) is 12.7. The number of ketones is 2. The molecular weight excluding hydrogens is 587 g/mol. The summed E-state index contributed by atoms with van der Waals surface area (Å²) in [7, 11) is 0. The van der Waals surface area contributed by atoms with Crippen molar-refractivity contribution in [1.82, 2.24) is 9.97 Å². The molecule has 0 unspecified atom stereocenters. The van der Waals surface area contributed by atoms with Crippen molar-refractivity contribution in [3.05, 3.63) is 143 Å². The molecule has 2 aliphatic carbocycles. The largest absolute Gasteiger partial charge is 0.298 e. The Kier molecular flexibility index (Phi) is 10.1. The van der Waals surface area contributed by atoms with E-state index in [4.69, 9.17) is 0 Å². The molecule has 0 bridgehead atoms. The SMILES string of the molecule is O=CC1=C/C(=N/Nc2ccccc2)c2cccnc2C1=O.O=CC1=C/C(=N/Nc2ccccc2)c2cccnc2C1=O.[Mn]. The van der Waals surface area contributed by atoms with Crippen LogP contribution >= 0.6 is 0 Å². The first-order valence-corrected chi connectivity index (χ1v) is 12.7. The van der Waals surface area contributed by atoms with E-state index < -0.39 is 0 Å². The van der Waals surface area contributed by atoms with Gasteiger partial charge in [0.25, 0.3) is 0 Å². The molecule has 2 heterocycles. The van der Waals surface area contributed by atoms with Crippen molar-refractivity contribution < 1.29 is 36.2 Å². The maximum absolute atomic E-state index is 12.0. The Labute approximate surface area is 256 Å². The van der Waals surface area contributed by atoms with Crippen LogP contribution in [0, 0.1) is 0 Å². The predicted molar refractivity (Wildman–Crippen MR) is 159 cm³/mol. The number of pyridine rings is 2. The summed E-state index contributed by atoms with van der Waals surface area (Å²) in [5.74, 6) is -0.751. The number of hydrazone groups is 2. The number of para-hydroxylation sites is 2. The fourth-order valence-corrected chi connectivity index (χ4v) is 4.08. The van der Waals surface area contributed by atoms with Crippen LogP contribution in [-0.4, -0.2) is 45.5 Å². The van der Waals surface area contributed by atoms with Gasteiger partial charge in [-0.2, -0.15) is 10.2 Å². The number of anilines is 2. The monoisotopic (exact) mass is 609 g/mol. The van der Waals surface area contributed by atoms with Gasteiger partial charge in [-0.25, -0.2) is 0 Å². The summed E-state index contributed by atoms with van der Waals surface area (Å²) >= 11 is 0. The van der Waals surface area contributed by atoms with E-state index in [0.29, 0.717) is 35.1 Å². The maximum atomic E-state index is 12.0. The van der Waals surface area contributed by atoms with Gasteiger partial charge < -0.3 is 0 Å². The molecule has 0 fully saturated rings. The minimum atomic E-state index is -0.376. The fraction of sp³-hybridized carbons (Fsp3) is 0. The molecular formula is C32H22MnN6O4. The van der Waals surface area contributed by atoms with Crippen LogP contribution in [0.2, 0.25) is 0 Å². The standard InChI is InChI=1S/2C16H11N3O2.Mn/c2*20-10-11-9-14(19-18-12-5-2-1-3-6-12)13-7-4-8-17-15(13)16(11)21;/h2*1-10,18H;/b2*19-14-;. The Hall–Kier alpha value is -5.64. The molecule has 43 heavy (non-hydrogen) atoms. The molecule has 0 saturated carbocycles. The van der Waals surface area contributed by atoms with Crippen molar-refractivity contribution in [1.29, 1.82) is 0 Å². The number of rotatable bonds is 6. The zero-order valence-corrected chi connectivity index (χ0v) is 23.5. The van der Waals surface area contributed by atoms with Gasteiger partial charge in [-0.1, -0.05) is 36.4 Å². The molecule has 2 N–H and O–H groups in total. The second-order valence-corrected chi connectivity index (χ2v) is 8.84. The van der Waals surface area contributed by atoms with E-state index in [1.165, 1.54) is 24.5 Å². The van der Waals surface area contributed by atoms with Gasteiger partial charge in [0.1, 0.15) is 11.4 Å². The summed E-state index contributed by atoms with van der Waals surface area (Å²) in [6, 6.07) is 25.8. The zero-order chi connectivity index (χ0) is 29.3. The quantitative estimate of drug-likeness (QED) is 0.141. The second kappa shape index (κ2) is 14.3. The third-order valence-electron chi connectivity index (χ3n) is 6.12. The molecule has 4 aromatic rings. The van der Waals surface area contributed by atoms with Gasteiger partial charge in [0.15, 0.2) is 12.6 Å². The maximum Gasteiger partial charge on any atom is 0.215 e. The van der Waals surface area contributed by atoms with Crippen LogP contribution in [0.1, 0.15) is 32.1 Å². The van der Waals surface area contributed by atoms with Gasteiger partial charge in [-0.3, -0.25) is 40.0 Å². The van der Waals surface area contributed by atoms with Crippen LogP contribution in [0.15, 0.2) is 131 Å². The molecule has 2 aliphatic rings. The van der Waals surface area contributed by atoms with E-state index in [1.54, 1.807) is 24.3 Å². The van der Waals surface area contributed by atoms with Crippen LogP contribution < -0.4 is 10.9 Å². The molecule has 0 amide bonds. The molecule has 2 aromatic heterocycles. The minimum Gasteiger partial charge on any atom is -0.298 e. The van der Waals surface area contributed by atoms with Gasteiger partial charge in [-0.15, -0.1) is 0 Å². The summed E-state index contributed by atoms with van der Waals surface area (Å²) in [6.07, 6.45) is 7.03. The van der Waals surface area contributed by atoms with Gasteiger partial charge in [0.2, 0.25) is 11.6 Å². The number of carbonyl (C=O) groups excluding carboxylic acids is 4.